The van der Waals surface area contributed by atoms with E-state index in [1.54, 1.807) is 24.3 Å². The van der Waals surface area contributed by atoms with E-state index in [4.69, 9.17) is 4.74 Å². The van der Waals surface area contributed by atoms with Crippen LogP contribution in [0.3, 0.4) is 0 Å². The zero-order valence-electron chi connectivity index (χ0n) is 20.0. The number of nitrogens with zero attached hydrogens (tertiary/aromatic N) is 1. The Morgan fingerprint density at radius 1 is 0.946 bits per heavy atom. The number of ether oxygens (including phenoxy) is 1. The van der Waals surface area contributed by atoms with Crippen molar-refractivity contribution in [3.8, 4) is 5.75 Å². The van der Waals surface area contributed by atoms with Crippen LogP contribution in [0.1, 0.15) is 11.1 Å². The second kappa shape index (κ2) is 7.78. The highest BCUT2D eigenvalue weighted by atomic mass is 16.5. The molecular weight excluding hydrogens is 468 g/mol. The number of fused-ring (bicyclic) bond motifs is 5. The lowest BCUT2D eigenvalue weighted by atomic mass is 9.76. The summed E-state index contributed by atoms with van der Waals surface area (Å²) in [6.45, 7) is 0. The Labute approximate surface area is 212 Å². The molecule has 8 heteroatoms. The number of anilines is 2. The van der Waals surface area contributed by atoms with Gasteiger partial charge < -0.3 is 15.0 Å². The lowest BCUT2D eigenvalue weighted by Gasteiger charge is -2.29. The molecule has 0 saturated carbocycles. The predicted octanol–water partition coefficient (Wildman–Crippen LogP) is 3.34. The third-order valence-electron chi connectivity index (χ3n) is 8.05. The van der Waals surface area contributed by atoms with Gasteiger partial charge in [0, 0.05) is 40.5 Å². The fourth-order valence-corrected chi connectivity index (χ4v) is 6.47. The van der Waals surface area contributed by atoms with E-state index in [0.717, 1.165) is 16.5 Å². The van der Waals surface area contributed by atoms with Gasteiger partial charge in [0.1, 0.15) is 11.3 Å². The van der Waals surface area contributed by atoms with Crippen LogP contribution in [0.2, 0.25) is 0 Å². The van der Waals surface area contributed by atoms with Crippen LogP contribution in [-0.4, -0.2) is 35.9 Å². The number of methoxy groups -OCH3 is 1. The minimum atomic E-state index is -1.33. The molecule has 3 N–H and O–H groups in total. The summed E-state index contributed by atoms with van der Waals surface area (Å²) in [6.07, 6.45) is 2.42. The van der Waals surface area contributed by atoms with Crippen LogP contribution < -0.4 is 20.3 Å². The number of aromatic nitrogens is 1. The monoisotopic (exact) mass is 492 g/mol. The first-order valence-corrected chi connectivity index (χ1v) is 12.3. The molecular formula is C29H24N4O4. The number of carbonyl (C=O) groups is 3. The van der Waals surface area contributed by atoms with Gasteiger partial charge in [-0.15, -0.1) is 0 Å². The smallest absolute Gasteiger partial charge is 0.250 e. The van der Waals surface area contributed by atoms with Crippen LogP contribution in [0.5, 0.6) is 5.75 Å². The molecule has 1 aromatic heterocycles. The maximum absolute atomic E-state index is 14.1. The highest BCUT2D eigenvalue weighted by Gasteiger charge is 2.70. The molecule has 4 heterocycles. The number of para-hydroxylation sites is 2. The first-order valence-electron chi connectivity index (χ1n) is 12.3. The third-order valence-corrected chi connectivity index (χ3v) is 8.05. The second-order valence-corrected chi connectivity index (χ2v) is 9.84. The van der Waals surface area contributed by atoms with Gasteiger partial charge in [0.05, 0.1) is 24.6 Å². The third kappa shape index (κ3) is 2.90. The molecule has 37 heavy (non-hydrogen) atoms. The molecule has 4 atom stereocenters. The number of carbonyl (C=O) groups excluding carboxylic acids is 3. The van der Waals surface area contributed by atoms with Crippen LogP contribution in [-0.2, 0) is 26.3 Å². The summed E-state index contributed by atoms with van der Waals surface area (Å²) in [5.74, 6) is -2.06. The molecule has 8 nitrogen and oxygen atoms in total. The van der Waals surface area contributed by atoms with Crippen LogP contribution in [0.15, 0.2) is 79.0 Å². The Morgan fingerprint density at radius 3 is 2.62 bits per heavy atom. The van der Waals surface area contributed by atoms with E-state index < -0.39 is 23.4 Å². The van der Waals surface area contributed by atoms with Crippen molar-refractivity contribution in [3.05, 3.63) is 90.1 Å². The molecule has 3 amide bonds. The maximum atomic E-state index is 14.1. The minimum Gasteiger partial charge on any atom is -0.497 e. The lowest BCUT2D eigenvalue weighted by molar-refractivity contribution is -0.130. The molecule has 2 fully saturated rings. The summed E-state index contributed by atoms with van der Waals surface area (Å²) in [5.41, 5.74) is 2.49. The number of rotatable bonds is 4. The number of nitrogens with one attached hydrogen (secondary N) is 3. The number of amides is 3. The summed E-state index contributed by atoms with van der Waals surface area (Å²) < 4.78 is 5.34. The number of aromatic amines is 1. The van der Waals surface area contributed by atoms with Crippen LogP contribution >= 0.6 is 0 Å². The van der Waals surface area contributed by atoms with Crippen molar-refractivity contribution in [2.45, 2.75) is 18.0 Å². The number of benzene rings is 3. The van der Waals surface area contributed by atoms with Crippen molar-refractivity contribution in [1.29, 1.82) is 0 Å². The Balaban J connectivity index is 1.37. The van der Waals surface area contributed by atoms with E-state index in [0.29, 0.717) is 29.1 Å². The summed E-state index contributed by atoms with van der Waals surface area (Å²) in [6, 6.07) is 21.8. The molecule has 3 aromatic carbocycles. The molecule has 0 aliphatic carbocycles. The molecule has 3 aliphatic rings. The van der Waals surface area contributed by atoms with Crippen LogP contribution in [0, 0.1) is 11.8 Å². The first kappa shape index (κ1) is 21.8. The Bertz CT molecular complexity index is 1610. The van der Waals surface area contributed by atoms with Crippen molar-refractivity contribution >= 4 is 40.0 Å². The fraction of sp³-hybridized carbons (Fsp3) is 0.207. The summed E-state index contributed by atoms with van der Waals surface area (Å²) in [4.78, 5) is 46.4. The van der Waals surface area contributed by atoms with Crippen molar-refractivity contribution in [2.24, 2.45) is 11.8 Å². The predicted molar refractivity (Wildman–Crippen MR) is 138 cm³/mol. The standard InChI is InChI=1S/C29H24N4O4/c1-37-18-8-6-7-17(14-18)33-26(34)24-23(13-16-15-30-21-11-4-2-9-19(16)21)32-29(25(24)27(33)35)20-10-3-5-12-22(20)31-28(29)36/h2-12,14-15,23-25,30,32H,13H2,1H3,(H,31,36)/t23-,24+,25-,29-/m0/s1. The van der Waals surface area contributed by atoms with E-state index in [1.165, 1.54) is 12.0 Å². The first-order chi connectivity index (χ1) is 18.0. The minimum absolute atomic E-state index is 0.307. The lowest BCUT2D eigenvalue weighted by Crippen LogP contribution is -2.53. The van der Waals surface area contributed by atoms with Gasteiger partial charge in [0.25, 0.3) is 0 Å². The van der Waals surface area contributed by atoms with E-state index in [2.05, 4.69) is 15.6 Å². The summed E-state index contributed by atoms with van der Waals surface area (Å²) in [5, 5.41) is 7.52. The number of H-pyrrole nitrogens is 1. The van der Waals surface area contributed by atoms with Gasteiger partial charge in [-0.1, -0.05) is 42.5 Å². The zero-order chi connectivity index (χ0) is 25.3. The van der Waals surface area contributed by atoms with Crippen LogP contribution in [0.25, 0.3) is 10.9 Å². The molecule has 184 valence electrons. The highest BCUT2D eigenvalue weighted by Crippen LogP contribution is 2.54. The quantitative estimate of drug-likeness (QED) is 0.379. The molecule has 0 unspecified atom stereocenters. The summed E-state index contributed by atoms with van der Waals surface area (Å²) in [7, 11) is 1.54. The van der Waals surface area contributed by atoms with Crippen LogP contribution in [0.4, 0.5) is 11.4 Å². The molecule has 0 bridgehead atoms. The van der Waals surface area contributed by atoms with Gasteiger partial charge in [-0.25, -0.2) is 4.90 Å². The zero-order valence-corrected chi connectivity index (χ0v) is 20.0. The fourth-order valence-electron chi connectivity index (χ4n) is 6.47. The number of hydrogen-bond acceptors (Lipinski definition) is 5. The van der Waals surface area contributed by atoms with E-state index in [-0.39, 0.29) is 17.7 Å². The van der Waals surface area contributed by atoms with Gasteiger partial charge in [-0.2, -0.15) is 0 Å². The molecule has 7 rings (SSSR count). The number of imide groups is 1. The average molecular weight is 493 g/mol. The Kier molecular flexibility index (Phi) is 4.59. The average Bonchev–Trinajstić information content (AvgIpc) is 3.63. The summed E-state index contributed by atoms with van der Waals surface area (Å²) >= 11 is 0. The normalized spacial score (nSPS) is 26.1. The van der Waals surface area contributed by atoms with Crippen molar-refractivity contribution in [1.82, 2.24) is 10.3 Å². The number of hydrogen-bond donors (Lipinski definition) is 3. The van der Waals surface area contributed by atoms with Crippen molar-refractivity contribution in [2.75, 3.05) is 17.3 Å². The highest BCUT2D eigenvalue weighted by molar-refractivity contribution is 6.25. The molecule has 0 radical (unpaired) electrons. The van der Waals surface area contributed by atoms with Crippen molar-refractivity contribution < 1.29 is 19.1 Å². The molecule has 1 spiro atoms. The topological polar surface area (TPSA) is 104 Å². The van der Waals surface area contributed by atoms with Crippen molar-refractivity contribution in [3.63, 3.8) is 0 Å². The SMILES string of the molecule is COc1cccc(N2C(=O)[C@@H]3[C@H](Cc4c[nH]c5ccccc45)N[C@]4(C(=O)Nc5ccccc54)[C@@H]3C2=O)c1. The Hall–Kier alpha value is -4.43. The van der Waals surface area contributed by atoms with E-state index in [9.17, 15) is 14.4 Å². The van der Waals surface area contributed by atoms with Gasteiger partial charge in [0.2, 0.25) is 17.7 Å². The van der Waals surface area contributed by atoms with E-state index in [1.807, 2.05) is 54.7 Å². The van der Waals surface area contributed by atoms with Gasteiger partial charge in [0.15, 0.2) is 0 Å². The molecule has 4 aromatic rings. The Morgan fingerprint density at radius 2 is 1.76 bits per heavy atom. The van der Waals surface area contributed by atoms with Gasteiger partial charge in [-0.05, 0) is 36.2 Å². The van der Waals surface area contributed by atoms with Gasteiger partial charge in [-0.3, -0.25) is 19.7 Å². The second-order valence-electron chi connectivity index (χ2n) is 9.84. The van der Waals surface area contributed by atoms with E-state index >= 15 is 0 Å². The van der Waals surface area contributed by atoms with Gasteiger partial charge >= 0.3 is 0 Å². The molecule has 3 aliphatic heterocycles. The maximum Gasteiger partial charge on any atom is 0.250 e. The largest absolute Gasteiger partial charge is 0.497 e. The molecule has 2 saturated heterocycles.